The van der Waals surface area contributed by atoms with Gasteiger partial charge in [0.25, 0.3) is 0 Å². The van der Waals surface area contributed by atoms with Gasteiger partial charge in [-0.2, -0.15) is 0 Å². The van der Waals surface area contributed by atoms with Crippen LogP contribution in [0.2, 0.25) is 0 Å². The van der Waals surface area contributed by atoms with Crippen molar-refractivity contribution in [3.8, 4) is 39.5 Å². The molecular formula is C46H29N3. The fourth-order valence-corrected chi connectivity index (χ4v) is 7.55. The molecule has 0 aliphatic carbocycles. The second-order valence-electron chi connectivity index (χ2n) is 12.6. The van der Waals surface area contributed by atoms with Gasteiger partial charge in [0, 0.05) is 33.0 Å². The van der Waals surface area contributed by atoms with Gasteiger partial charge < -0.3 is 0 Å². The summed E-state index contributed by atoms with van der Waals surface area (Å²) in [5.41, 5.74) is 9.64. The van der Waals surface area contributed by atoms with E-state index in [9.17, 15) is 0 Å². The predicted octanol–water partition coefficient (Wildman–Crippen LogP) is 12.0. The van der Waals surface area contributed by atoms with Gasteiger partial charge in [0.05, 0.1) is 22.2 Å². The van der Waals surface area contributed by atoms with Gasteiger partial charge in [-0.1, -0.05) is 140 Å². The van der Waals surface area contributed by atoms with Crippen LogP contribution in [0.25, 0.3) is 93.7 Å². The second kappa shape index (κ2) is 11.0. The third-order valence-corrected chi connectivity index (χ3v) is 9.76. The van der Waals surface area contributed by atoms with E-state index in [2.05, 4.69) is 168 Å². The molecular weight excluding hydrogens is 595 g/mol. The Kier molecular flexibility index (Phi) is 6.18. The summed E-state index contributed by atoms with van der Waals surface area (Å²) in [5, 5.41) is 8.62. The molecule has 0 spiro atoms. The number of para-hydroxylation sites is 4. The summed E-state index contributed by atoms with van der Waals surface area (Å²) >= 11 is 0. The van der Waals surface area contributed by atoms with Gasteiger partial charge >= 0.3 is 0 Å². The maximum absolute atomic E-state index is 5.37. The van der Waals surface area contributed by atoms with E-state index in [1.54, 1.807) is 0 Å². The van der Waals surface area contributed by atoms with Crippen LogP contribution < -0.4 is 0 Å². The molecule has 0 N–H and O–H groups in total. The number of imidazole rings is 1. The largest absolute Gasteiger partial charge is 0.292 e. The molecule has 10 rings (SSSR count). The Hall–Kier alpha value is -6.58. The Morgan fingerprint density at radius 3 is 1.67 bits per heavy atom. The van der Waals surface area contributed by atoms with Crippen LogP contribution in [0.15, 0.2) is 176 Å². The van der Waals surface area contributed by atoms with Crippen molar-refractivity contribution >= 4 is 54.3 Å². The van der Waals surface area contributed by atoms with Gasteiger partial charge in [0.2, 0.25) is 0 Å². The summed E-state index contributed by atoms with van der Waals surface area (Å²) in [7, 11) is 0. The monoisotopic (exact) mass is 623 g/mol. The van der Waals surface area contributed by atoms with Crippen LogP contribution in [-0.2, 0) is 0 Å². The van der Waals surface area contributed by atoms with Gasteiger partial charge in [0.1, 0.15) is 5.82 Å². The zero-order valence-corrected chi connectivity index (χ0v) is 26.6. The fraction of sp³-hybridized carbons (Fsp3) is 0. The minimum atomic E-state index is 0.929. The van der Waals surface area contributed by atoms with Crippen LogP contribution in [0, 0.1) is 0 Å². The maximum atomic E-state index is 5.37. The molecule has 0 fully saturated rings. The molecule has 0 saturated carbocycles. The highest BCUT2D eigenvalue weighted by atomic mass is 15.1. The molecule has 0 amide bonds. The molecule has 0 atom stereocenters. The molecule has 3 heteroatoms. The molecule has 0 saturated heterocycles. The Morgan fingerprint density at radius 1 is 0.347 bits per heavy atom. The van der Waals surface area contributed by atoms with Crippen LogP contribution in [-0.4, -0.2) is 14.5 Å². The van der Waals surface area contributed by atoms with Gasteiger partial charge in [-0.3, -0.25) is 4.57 Å². The number of hydrogen-bond donors (Lipinski definition) is 0. The first-order chi connectivity index (χ1) is 24.3. The molecule has 0 aliphatic heterocycles. The van der Waals surface area contributed by atoms with E-state index >= 15 is 0 Å². The van der Waals surface area contributed by atoms with Crippen LogP contribution in [0.1, 0.15) is 0 Å². The summed E-state index contributed by atoms with van der Waals surface area (Å²) < 4.78 is 2.25. The summed E-state index contributed by atoms with van der Waals surface area (Å²) in [5.74, 6) is 0.929. The Bertz CT molecular complexity index is 2870. The minimum absolute atomic E-state index is 0.929. The molecule has 0 aliphatic rings. The van der Waals surface area contributed by atoms with Crippen LogP contribution in [0.5, 0.6) is 0 Å². The SMILES string of the molecule is c1ccc(-n2c(-c3ccc(-c4cccc(-c5nc6ccccc6c6c7ccccc7c7ccccc7c56)c4)cc3)nc3ccccc32)cc1. The average Bonchev–Trinajstić information content (AvgIpc) is 3.58. The van der Waals surface area contributed by atoms with E-state index in [1.165, 1.54) is 37.7 Å². The number of benzene rings is 8. The molecule has 2 aromatic heterocycles. The Balaban J connectivity index is 1.14. The molecule has 10 aromatic rings. The first-order valence-electron chi connectivity index (χ1n) is 16.7. The molecule has 0 unspecified atom stereocenters. The molecule has 228 valence electrons. The maximum Gasteiger partial charge on any atom is 0.145 e. The van der Waals surface area contributed by atoms with Crippen molar-refractivity contribution in [3.63, 3.8) is 0 Å². The highest BCUT2D eigenvalue weighted by Gasteiger charge is 2.18. The number of rotatable bonds is 4. The zero-order valence-electron chi connectivity index (χ0n) is 26.6. The summed E-state index contributed by atoms with van der Waals surface area (Å²) in [6, 6.07) is 62.5. The summed E-state index contributed by atoms with van der Waals surface area (Å²) in [4.78, 5) is 10.4. The van der Waals surface area contributed by atoms with Crippen molar-refractivity contribution < 1.29 is 0 Å². The van der Waals surface area contributed by atoms with Gasteiger partial charge in [-0.05, 0) is 69.1 Å². The van der Waals surface area contributed by atoms with Crippen molar-refractivity contribution in [2.24, 2.45) is 0 Å². The van der Waals surface area contributed by atoms with Gasteiger partial charge in [-0.25, -0.2) is 9.97 Å². The van der Waals surface area contributed by atoms with E-state index in [1.807, 2.05) is 12.1 Å². The topological polar surface area (TPSA) is 30.7 Å². The zero-order chi connectivity index (χ0) is 32.3. The van der Waals surface area contributed by atoms with Crippen molar-refractivity contribution in [3.05, 3.63) is 176 Å². The molecule has 2 heterocycles. The molecule has 49 heavy (non-hydrogen) atoms. The standard InChI is InChI=1S/C46H29N3/c1-2-15-34(16-3-1)49-42-24-11-10-23-41(42)48-46(49)31-27-25-30(26-28-31)32-13-12-14-33(29-32)45-44-38-20-7-5-18-36(38)35-17-4-6-19-37(35)43(44)39-21-8-9-22-40(39)47-45/h1-29H. The van der Waals surface area contributed by atoms with E-state index in [0.717, 1.165) is 56.0 Å². The molecule has 8 aromatic carbocycles. The third-order valence-electron chi connectivity index (χ3n) is 9.76. The number of fused-ring (bicyclic) bond motifs is 9. The summed E-state index contributed by atoms with van der Waals surface area (Å²) in [6.45, 7) is 0. The number of aromatic nitrogens is 3. The Labute approximate surface area is 283 Å². The van der Waals surface area contributed by atoms with Crippen molar-refractivity contribution in [1.29, 1.82) is 0 Å². The number of pyridine rings is 1. The Morgan fingerprint density at radius 2 is 0.918 bits per heavy atom. The van der Waals surface area contributed by atoms with Crippen molar-refractivity contribution in [1.82, 2.24) is 14.5 Å². The summed E-state index contributed by atoms with van der Waals surface area (Å²) in [6.07, 6.45) is 0. The predicted molar refractivity (Wildman–Crippen MR) is 205 cm³/mol. The number of nitrogens with zero attached hydrogens (tertiary/aromatic N) is 3. The highest BCUT2D eigenvalue weighted by Crippen LogP contribution is 2.43. The quantitative estimate of drug-likeness (QED) is 0.183. The van der Waals surface area contributed by atoms with E-state index in [-0.39, 0.29) is 0 Å². The first kappa shape index (κ1) is 27.5. The molecule has 3 nitrogen and oxygen atoms in total. The average molecular weight is 624 g/mol. The van der Waals surface area contributed by atoms with Crippen LogP contribution in [0.3, 0.4) is 0 Å². The van der Waals surface area contributed by atoms with Gasteiger partial charge in [0.15, 0.2) is 0 Å². The molecule has 0 bridgehead atoms. The van der Waals surface area contributed by atoms with Gasteiger partial charge in [-0.15, -0.1) is 0 Å². The fourth-order valence-electron chi connectivity index (χ4n) is 7.55. The third kappa shape index (κ3) is 4.37. The minimum Gasteiger partial charge on any atom is -0.292 e. The van der Waals surface area contributed by atoms with E-state index in [0.29, 0.717) is 0 Å². The van der Waals surface area contributed by atoms with Crippen LogP contribution >= 0.6 is 0 Å². The lowest BCUT2D eigenvalue weighted by Crippen LogP contribution is -1.97. The van der Waals surface area contributed by atoms with Crippen molar-refractivity contribution in [2.75, 3.05) is 0 Å². The molecule has 0 radical (unpaired) electrons. The highest BCUT2D eigenvalue weighted by molar-refractivity contribution is 6.33. The lowest BCUT2D eigenvalue weighted by Gasteiger charge is -2.16. The van der Waals surface area contributed by atoms with Crippen molar-refractivity contribution in [2.45, 2.75) is 0 Å². The lowest BCUT2D eigenvalue weighted by molar-refractivity contribution is 1.10. The first-order valence-corrected chi connectivity index (χ1v) is 16.7. The smallest absolute Gasteiger partial charge is 0.145 e. The van der Waals surface area contributed by atoms with Crippen LogP contribution in [0.4, 0.5) is 0 Å². The van der Waals surface area contributed by atoms with E-state index in [4.69, 9.17) is 9.97 Å². The van der Waals surface area contributed by atoms with E-state index < -0.39 is 0 Å². The normalized spacial score (nSPS) is 11.7. The lowest BCUT2D eigenvalue weighted by atomic mass is 9.89. The second-order valence-corrected chi connectivity index (χ2v) is 12.6. The number of hydrogen-bond acceptors (Lipinski definition) is 2.